The van der Waals surface area contributed by atoms with Gasteiger partial charge in [-0.15, -0.1) is 0 Å². The summed E-state index contributed by atoms with van der Waals surface area (Å²) in [5, 5.41) is 0. The Morgan fingerprint density at radius 1 is 1.05 bits per heavy atom. The third kappa shape index (κ3) is 14.1. The maximum atomic E-state index is 5.56. The van der Waals surface area contributed by atoms with Crippen LogP contribution in [0.2, 0.25) is 0 Å². The van der Waals surface area contributed by atoms with E-state index in [4.69, 9.17) is 32.2 Å². The molecule has 0 atom stereocenters. The van der Waals surface area contributed by atoms with Crippen LogP contribution < -0.4 is 5.73 Å². The van der Waals surface area contributed by atoms with Gasteiger partial charge in [0, 0.05) is 33.2 Å². The second-order valence-corrected chi connectivity index (χ2v) is 5.65. The van der Waals surface area contributed by atoms with Crippen molar-refractivity contribution >= 4 is 17.2 Å². The van der Waals surface area contributed by atoms with Gasteiger partial charge in [0.25, 0.3) is 0 Å². The Morgan fingerprint density at radius 3 is 2.20 bits per heavy atom. The first-order valence-corrected chi connectivity index (χ1v) is 7.62. The summed E-state index contributed by atoms with van der Waals surface area (Å²) in [7, 11) is 1.66. The summed E-state index contributed by atoms with van der Waals surface area (Å²) in [5.41, 5.74) is 5.55. The molecule has 0 radical (unpaired) electrons. The maximum absolute atomic E-state index is 5.56. The number of rotatable bonds is 14. The first kappa shape index (κ1) is 19.7. The molecule has 0 aliphatic heterocycles. The minimum Gasteiger partial charge on any atom is -0.393 e. The van der Waals surface area contributed by atoms with Gasteiger partial charge in [-0.05, 0) is 5.92 Å². The number of thiocarbonyl (C=S) groups is 1. The highest BCUT2D eigenvalue weighted by atomic mass is 32.1. The maximum Gasteiger partial charge on any atom is 0.0740 e. The molecule has 6 heteroatoms. The molecule has 2 N–H and O–H groups in total. The lowest BCUT2D eigenvalue weighted by molar-refractivity contribution is 0.0190. The predicted molar refractivity (Wildman–Crippen MR) is 86.2 cm³/mol. The number of nitrogens with zero attached hydrogens (tertiary/aromatic N) is 1. The number of hydrogen-bond donors (Lipinski definition) is 1. The van der Waals surface area contributed by atoms with Crippen LogP contribution in [0, 0.1) is 5.92 Å². The number of methoxy groups -OCH3 is 1. The fraction of sp³-hybridized carbons (Fsp3) is 0.929. The monoisotopic (exact) mass is 306 g/mol. The Hall–Kier alpha value is -0.270. The fourth-order valence-electron chi connectivity index (χ4n) is 1.74. The molecule has 0 spiro atoms. The molecule has 0 aromatic carbocycles. The summed E-state index contributed by atoms with van der Waals surface area (Å²) >= 11 is 4.93. The summed E-state index contributed by atoms with van der Waals surface area (Å²) < 4.78 is 15.8. The molecular formula is C14H30N2O3S. The summed E-state index contributed by atoms with van der Waals surface area (Å²) in [6.45, 7) is 10.4. The molecular weight excluding hydrogens is 276 g/mol. The van der Waals surface area contributed by atoms with E-state index in [9.17, 15) is 0 Å². The molecule has 20 heavy (non-hydrogen) atoms. The summed E-state index contributed by atoms with van der Waals surface area (Å²) in [4.78, 5) is 2.92. The van der Waals surface area contributed by atoms with E-state index in [-0.39, 0.29) is 0 Å². The zero-order chi connectivity index (χ0) is 15.2. The van der Waals surface area contributed by atoms with Gasteiger partial charge < -0.3 is 24.8 Å². The molecule has 120 valence electrons. The van der Waals surface area contributed by atoms with Crippen molar-refractivity contribution in [1.29, 1.82) is 0 Å². The third-order valence-electron chi connectivity index (χ3n) is 2.65. The average Bonchev–Trinajstić information content (AvgIpc) is 2.38. The lowest BCUT2D eigenvalue weighted by Gasteiger charge is -2.23. The molecule has 5 nitrogen and oxygen atoms in total. The van der Waals surface area contributed by atoms with Crippen molar-refractivity contribution in [3.8, 4) is 0 Å². The van der Waals surface area contributed by atoms with Crippen molar-refractivity contribution < 1.29 is 14.2 Å². The van der Waals surface area contributed by atoms with E-state index in [1.807, 2.05) is 0 Å². The van der Waals surface area contributed by atoms with Crippen LogP contribution >= 0.6 is 12.2 Å². The Labute approximate surface area is 128 Å². The fourth-order valence-corrected chi connectivity index (χ4v) is 1.83. The average molecular weight is 306 g/mol. The van der Waals surface area contributed by atoms with Crippen LogP contribution in [0.5, 0.6) is 0 Å². The predicted octanol–water partition coefficient (Wildman–Crippen LogP) is 1.30. The van der Waals surface area contributed by atoms with Gasteiger partial charge in [0.1, 0.15) is 0 Å². The van der Waals surface area contributed by atoms with E-state index in [1.165, 1.54) is 0 Å². The van der Waals surface area contributed by atoms with Crippen LogP contribution in [0.4, 0.5) is 0 Å². The number of nitrogens with two attached hydrogens (primary N) is 1. The molecule has 0 saturated heterocycles. The Bertz CT molecular complexity index is 240. The Morgan fingerprint density at radius 2 is 1.65 bits per heavy atom. The zero-order valence-electron chi connectivity index (χ0n) is 13.1. The van der Waals surface area contributed by atoms with Crippen molar-refractivity contribution in [3.63, 3.8) is 0 Å². The van der Waals surface area contributed by atoms with E-state index in [2.05, 4.69) is 18.7 Å². The number of hydrogen-bond acceptors (Lipinski definition) is 5. The summed E-state index contributed by atoms with van der Waals surface area (Å²) in [5.74, 6) is 0.624. The molecule has 0 unspecified atom stereocenters. The summed E-state index contributed by atoms with van der Waals surface area (Å²) in [6, 6.07) is 0. The molecule has 0 amide bonds. The SMILES string of the molecule is COCCOCCOCCN(CCC(N)=S)CC(C)C. The lowest BCUT2D eigenvalue weighted by Crippen LogP contribution is -2.34. The van der Waals surface area contributed by atoms with Crippen LogP contribution in [0.25, 0.3) is 0 Å². The second-order valence-electron chi connectivity index (χ2n) is 5.13. The van der Waals surface area contributed by atoms with E-state index >= 15 is 0 Å². The van der Waals surface area contributed by atoms with Crippen LogP contribution in [0.1, 0.15) is 20.3 Å². The van der Waals surface area contributed by atoms with Crippen LogP contribution in [-0.4, -0.2) is 69.7 Å². The van der Waals surface area contributed by atoms with Gasteiger partial charge in [-0.2, -0.15) is 0 Å². The topological polar surface area (TPSA) is 57.0 Å². The van der Waals surface area contributed by atoms with E-state index in [0.717, 1.165) is 26.1 Å². The molecule has 0 heterocycles. The van der Waals surface area contributed by atoms with Crippen molar-refractivity contribution in [2.24, 2.45) is 11.7 Å². The Kier molecular flexibility index (Phi) is 13.5. The lowest BCUT2D eigenvalue weighted by atomic mass is 10.2. The first-order valence-electron chi connectivity index (χ1n) is 7.21. The quantitative estimate of drug-likeness (QED) is 0.386. The van der Waals surface area contributed by atoms with Gasteiger partial charge in [0.2, 0.25) is 0 Å². The smallest absolute Gasteiger partial charge is 0.0740 e. The van der Waals surface area contributed by atoms with Crippen LogP contribution in [-0.2, 0) is 14.2 Å². The van der Waals surface area contributed by atoms with Crippen molar-refractivity contribution in [3.05, 3.63) is 0 Å². The number of ether oxygens (including phenoxy) is 3. The minimum atomic E-state index is 0.575. The van der Waals surface area contributed by atoms with Crippen molar-refractivity contribution in [2.45, 2.75) is 20.3 Å². The molecule has 0 bridgehead atoms. The Balaban J connectivity index is 3.60. The first-order chi connectivity index (χ1) is 9.56. The van der Waals surface area contributed by atoms with Gasteiger partial charge >= 0.3 is 0 Å². The van der Waals surface area contributed by atoms with Gasteiger partial charge in [0.05, 0.1) is 38.0 Å². The van der Waals surface area contributed by atoms with Crippen molar-refractivity contribution in [2.75, 3.05) is 59.8 Å². The van der Waals surface area contributed by atoms with E-state index in [1.54, 1.807) is 7.11 Å². The highest BCUT2D eigenvalue weighted by Gasteiger charge is 2.07. The van der Waals surface area contributed by atoms with Crippen molar-refractivity contribution in [1.82, 2.24) is 4.90 Å². The van der Waals surface area contributed by atoms with Gasteiger partial charge in [0.15, 0.2) is 0 Å². The molecule has 0 aliphatic rings. The second kappa shape index (κ2) is 13.7. The van der Waals surface area contributed by atoms with E-state index < -0.39 is 0 Å². The summed E-state index contributed by atoms with van der Waals surface area (Å²) in [6.07, 6.45) is 0.766. The van der Waals surface area contributed by atoms with E-state index in [0.29, 0.717) is 43.9 Å². The highest BCUT2D eigenvalue weighted by molar-refractivity contribution is 7.80. The van der Waals surface area contributed by atoms with Gasteiger partial charge in [-0.25, -0.2) is 0 Å². The zero-order valence-corrected chi connectivity index (χ0v) is 13.9. The molecule has 0 fully saturated rings. The third-order valence-corrected chi connectivity index (χ3v) is 2.86. The van der Waals surface area contributed by atoms with Gasteiger partial charge in [-0.1, -0.05) is 26.1 Å². The normalized spacial score (nSPS) is 11.4. The molecule has 0 rings (SSSR count). The van der Waals surface area contributed by atoms with Crippen LogP contribution in [0.15, 0.2) is 0 Å². The largest absolute Gasteiger partial charge is 0.393 e. The highest BCUT2D eigenvalue weighted by Crippen LogP contribution is 2.00. The molecule has 0 aromatic heterocycles. The molecule has 0 aliphatic carbocycles. The van der Waals surface area contributed by atoms with Gasteiger partial charge in [-0.3, -0.25) is 0 Å². The standard InChI is InChI=1S/C14H30N2O3S/c1-13(2)12-16(5-4-14(15)20)6-7-18-10-11-19-9-8-17-3/h13H,4-12H2,1-3H3,(H2,15,20). The van der Waals surface area contributed by atoms with Crippen LogP contribution in [0.3, 0.4) is 0 Å². The molecule has 0 aromatic rings. The molecule has 0 saturated carbocycles. The minimum absolute atomic E-state index is 0.575.